The van der Waals surface area contributed by atoms with Crippen molar-refractivity contribution in [3.05, 3.63) is 35.4 Å². The fraction of sp³-hybridized carbons (Fsp3) is 0.385. The van der Waals surface area contributed by atoms with E-state index in [9.17, 15) is 14.7 Å². The second-order valence-corrected chi connectivity index (χ2v) is 4.29. The average Bonchev–Trinajstić information content (AvgIpc) is 2.62. The highest BCUT2D eigenvalue weighted by Gasteiger charge is 2.35. The quantitative estimate of drug-likeness (QED) is 0.741. The highest BCUT2D eigenvalue weighted by molar-refractivity contribution is 6.21. The Balaban J connectivity index is 2.09. The summed E-state index contributed by atoms with van der Waals surface area (Å²) in [6.45, 7) is -0.0362. The van der Waals surface area contributed by atoms with Crippen LogP contribution in [0.2, 0.25) is 0 Å². The molecule has 0 bridgehead atoms. The maximum absolute atomic E-state index is 12.0. The number of hydrogen-bond acceptors (Lipinski definition) is 4. The molecular weight excluding hydrogens is 234 g/mol. The smallest absolute Gasteiger partial charge is 0.261 e. The van der Waals surface area contributed by atoms with Crippen molar-refractivity contribution in [1.29, 1.82) is 0 Å². The zero-order chi connectivity index (χ0) is 13.1. The fourth-order valence-electron chi connectivity index (χ4n) is 2.03. The van der Waals surface area contributed by atoms with E-state index in [0.717, 1.165) is 4.90 Å². The lowest BCUT2D eigenvalue weighted by Gasteiger charge is -2.18. The molecule has 1 atom stereocenters. The van der Waals surface area contributed by atoms with Crippen LogP contribution in [0.5, 0.6) is 0 Å². The van der Waals surface area contributed by atoms with Crippen molar-refractivity contribution in [2.24, 2.45) is 0 Å². The minimum Gasteiger partial charge on any atom is -0.396 e. The summed E-state index contributed by atoms with van der Waals surface area (Å²) in [5.41, 5.74) is 0.772. The topological polar surface area (TPSA) is 77.8 Å². The second-order valence-electron chi connectivity index (χ2n) is 4.29. The van der Waals surface area contributed by atoms with Gasteiger partial charge in [-0.3, -0.25) is 14.5 Å². The maximum Gasteiger partial charge on any atom is 0.261 e. The predicted molar refractivity (Wildman–Crippen MR) is 64.1 cm³/mol. The van der Waals surface area contributed by atoms with Gasteiger partial charge in [-0.2, -0.15) is 0 Å². The first kappa shape index (κ1) is 12.7. The predicted octanol–water partition coefficient (Wildman–Crippen LogP) is 0.416. The van der Waals surface area contributed by atoms with E-state index in [-0.39, 0.29) is 25.0 Å². The van der Waals surface area contributed by atoms with Crippen molar-refractivity contribution in [2.45, 2.75) is 18.9 Å². The first-order chi connectivity index (χ1) is 8.65. The minimum absolute atomic E-state index is 0.0147. The maximum atomic E-state index is 12.0. The normalized spacial score (nSPS) is 16.0. The van der Waals surface area contributed by atoms with E-state index in [2.05, 4.69) is 0 Å². The second kappa shape index (κ2) is 5.29. The number of amides is 2. The van der Waals surface area contributed by atoms with Gasteiger partial charge in [-0.05, 0) is 25.0 Å². The molecule has 1 aromatic carbocycles. The van der Waals surface area contributed by atoms with E-state index in [1.165, 1.54) is 0 Å². The molecule has 2 amide bonds. The van der Waals surface area contributed by atoms with Gasteiger partial charge in [0.2, 0.25) is 0 Å². The number of β-amino-alcohol motifs (C(OH)–C–C–N with tert-alkyl or cyclic N) is 1. The largest absolute Gasteiger partial charge is 0.396 e. The molecule has 2 rings (SSSR count). The Morgan fingerprint density at radius 1 is 1.11 bits per heavy atom. The average molecular weight is 249 g/mol. The molecule has 0 aromatic heterocycles. The molecule has 1 aliphatic rings. The number of nitrogens with zero attached hydrogens (tertiary/aromatic N) is 1. The third-order valence-electron chi connectivity index (χ3n) is 2.97. The van der Waals surface area contributed by atoms with E-state index in [0.29, 0.717) is 24.0 Å². The van der Waals surface area contributed by atoms with Gasteiger partial charge >= 0.3 is 0 Å². The molecule has 0 saturated carbocycles. The number of aliphatic hydroxyl groups is 2. The Bertz CT molecular complexity index is 437. The molecule has 1 aromatic rings. The van der Waals surface area contributed by atoms with Crippen LogP contribution in [0.25, 0.3) is 0 Å². The molecule has 2 N–H and O–H groups in total. The van der Waals surface area contributed by atoms with Crippen molar-refractivity contribution >= 4 is 11.8 Å². The SMILES string of the molecule is O=C1c2ccccc2C(=O)N1CC(O)CCCO. The lowest BCUT2D eigenvalue weighted by atomic mass is 10.1. The highest BCUT2D eigenvalue weighted by Crippen LogP contribution is 2.22. The van der Waals surface area contributed by atoms with E-state index in [4.69, 9.17) is 5.11 Å². The summed E-state index contributed by atoms with van der Waals surface area (Å²) in [4.78, 5) is 25.0. The summed E-state index contributed by atoms with van der Waals surface area (Å²) >= 11 is 0. The van der Waals surface area contributed by atoms with Gasteiger partial charge in [-0.25, -0.2) is 0 Å². The van der Waals surface area contributed by atoms with Crippen molar-refractivity contribution in [2.75, 3.05) is 13.2 Å². The number of aliphatic hydroxyl groups excluding tert-OH is 2. The lowest BCUT2D eigenvalue weighted by Crippen LogP contribution is -2.36. The number of imide groups is 1. The van der Waals surface area contributed by atoms with Crippen LogP contribution in [0.3, 0.4) is 0 Å². The van der Waals surface area contributed by atoms with Crippen molar-refractivity contribution < 1.29 is 19.8 Å². The molecule has 0 saturated heterocycles. The summed E-state index contributed by atoms with van der Waals surface area (Å²) in [5.74, 6) is -0.725. The van der Waals surface area contributed by atoms with Crippen molar-refractivity contribution in [3.63, 3.8) is 0 Å². The standard InChI is InChI=1S/C13H15NO4/c15-7-3-4-9(16)8-14-12(17)10-5-1-2-6-11(10)13(14)18/h1-2,5-6,9,15-16H,3-4,7-8H2. The van der Waals surface area contributed by atoms with E-state index in [1.54, 1.807) is 24.3 Å². The fourth-order valence-corrected chi connectivity index (χ4v) is 2.03. The molecule has 5 nitrogen and oxygen atoms in total. The third-order valence-corrected chi connectivity index (χ3v) is 2.97. The molecule has 1 heterocycles. The Morgan fingerprint density at radius 3 is 2.17 bits per heavy atom. The summed E-state index contributed by atoms with van der Waals surface area (Å²) in [6.07, 6.45) is 0.0215. The van der Waals surface area contributed by atoms with E-state index >= 15 is 0 Å². The Kier molecular flexibility index (Phi) is 3.74. The van der Waals surface area contributed by atoms with Crippen molar-refractivity contribution in [3.8, 4) is 0 Å². The van der Waals surface area contributed by atoms with E-state index in [1.807, 2.05) is 0 Å². The number of hydrogen-bond donors (Lipinski definition) is 2. The summed E-state index contributed by atoms with van der Waals surface area (Å²) in [6, 6.07) is 6.62. The molecule has 96 valence electrons. The zero-order valence-corrected chi connectivity index (χ0v) is 9.87. The van der Waals surface area contributed by atoms with Gasteiger partial charge in [0.25, 0.3) is 11.8 Å². The van der Waals surface area contributed by atoms with Gasteiger partial charge in [0.1, 0.15) is 0 Å². The first-order valence-corrected chi connectivity index (χ1v) is 5.89. The molecule has 0 spiro atoms. The molecule has 18 heavy (non-hydrogen) atoms. The van der Waals surface area contributed by atoms with Crippen LogP contribution in [-0.4, -0.2) is 46.2 Å². The van der Waals surface area contributed by atoms with Gasteiger partial charge in [0.05, 0.1) is 23.8 Å². The van der Waals surface area contributed by atoms with Crippen LogP contribution < -0.4 is 0 Å². The van der Waals surface area contributed by atoms with Crippen LogP contribution >= 0.6 is 0 Å². The molecular formula is C13H15NO4. The molecule has 5 heteroatoms. The van der Waals surface area contributed by atoms with Crippen LogP contribution in [-0.2, 0) is 0 Å². The summed E-state index contributed by atoms with van der Waals surface area (Å²) < 4.78 is 0. The molecule has 0 radical (unpaired) electrons. The monoisotopic (exact) mass is 249 g/mol. The number of benzene rings is 1. The van der Waals surface area contributed by atoms with Gasteiger partial charge in [-0.15, -0.1) is 0 Å². The summed E-state index contributed by atoms with van der Waals surface area (Å²) in [5, 5.41) is 18.4. The summed E-state index contributed by atoms with van der Waals surface area (Å²) in [7, 11) is 0. The third kappa shape index (κ3) is 2.27. The van der Waals surface area contributed by atoms with Gasteiger partial charge < -0.3 is 10.2 Å². The molecule has 0 aliphatic carbocycles. The first-order valence-electron chi connectivity index (χ1n) is 5.89. The van der Waals surface area contributed by atoms with Crippen LogP contribution in [0.1, 0.15) is 33.6 Å². The Morgan fingerprint density at radius 2 is 1.67 bits per heavy atom. The Labute approximate surface area is 105 Å². The number of rotatable bonds is 5. The molecule has 1 aliphatic heterocycles. The lowest BCUT2D eigenvalue weighted by molar-refractivity contribution is 0.0524. The van der Waals surface area contributed by atoms with Gasteiger partial charge in [0, 0.05) is 6.61 Å². The van der Waals surface area contributed by atoms with Crippen LogP contribution in [0.15, 0.2) is 24.3 Å². The number of fused-ring (bicyclic) bond motifs is 1. The van der Waals surface area contributed by atoms with Crippen LogP contribution in [0.4, 0.5) is 0 Å². The molecule has 0 fully saturated rings. The highest BCUT2D eigenvalue weighted by atomic mass is 16.3. The zero-order valence-electron chi connectivity index (χ0n) is 9.87. The number of carbonyl (C=O) groups excluding carboxylic acids is 2. The molecule has 1 unspecified atom stereocenters. The Hall–Kier alpha value is -1.72. The van der Waals surface area contributed by atoms with Crippen LogP contribution in [0, 0.1) is 0 Å². The van der Waals surface area contributed by atoms with Gasteiger partial charge in [0.15, 0.2) is 0 Å². The number of carbonyl (C=O) groups is 2. The van der Waals surface area contributed by atoms with E-state index < -0.39 is 6.10 Å². The minimum atomic E-state index is -0.792. The van der Waals surface area contributed by atoms with Crippen molar-refractivity contribution in [1.82, 2.24) is 4.90 Å². The van der Waals surface area contributed by atoms with Gasteiger partial charge in [-0.1, -0.05) is 12.1 Å².